The minimum Gasteiger partial charge on any atom is -0.489 e. The van der Waals surface area contributed by atoms with Crippen molar-refractivity contribution in [2.45, 2.75) is 46.1 Å². The van der Waals surface area contributed by atoms with Crippen molar-refractivity contribution in [3.63, 3.8) is 0 Å². The van der Waals surface area contributed by atoms with Crippen molar-refractivity contribution in [1.29, 1.82) is 0 Å². The number of benzene rings is 3. The van der Waals surface area contributed by atoms with Crippen molar-refractivity contribution in [3.8, 4) is 5.75 Å². The molecule has 3 aromatic carbocycles. The van der Waals surface area contributed by atoms with Crippen molar-refractivity contribution >= 4 is 27.5 Å². The highest BCUT2D eigenvalue weighted by Gasteiger charge is 2.32. The molecule has 0 radical (unpaired) electrons. The molecule has 0 saturated heterocycles. The number of nitrogens with one attached hydrogen (secondary N) is 1. The van der Waals surface area contributed by atoms with Crippen LogP contribution in [0.1, 0.15) is 53.1 Å². The Balaban J connectivity index is 1.86. The summed E-state index contributed by atoms with van der Waals surface area (Å²) in [5.74, 6) is 0.297. The first-order valence-corrected chi connectivity index (χ1v) is 11.2. The van der Waals surface area contributed by atoms with Gasteiger partial charge < -0.3 is 10.1 Å². The number of para-hydroxylation sites is 1. The number of rotatable bonds is 4. The molecular weight excluding hydrogens is 438 g/mol. The summed E-state index contributed by atoms with van der Waals surface area (Å²) < 4.78 is 7.04. The van der Waals surface area contributed by atoms with E-state index in [2.05, 4.69) is 72.3 Å². The quantitative estimate of drug-likeness (QED) is 0.476. The zero-order valence-electron chi connectivity index (χ0n) is 17.6. The maximum atomic E-state index is 13.9. The monoisotopic (exact) mass is 463 g/mol. The molecule has 154 valence electrons. The normalized spacial score (nSPS) is 14.9. The maximum Gasteiger partial charge on any atom is 0.236 e. The van der Waals surface area contributed by atoms with Crippen molar-refractivity contribution in [2.24, 2.45) is 0 Å². The summed E-state index contributed by atoms with van der Waals surface area (Å²) in [5, 5.41) is 3.30. The SMILES string of the molecule is CCc1cccc(CC)c1NC(=O)C1c2cc(Br)ccc2OCc2cccc(C)c21. The minimum absolute atomic E-state index is 0.0222. The van der Waals surface area contributed by atoms with Crippen LogP contribution in [0.2, 0.25) is 0 Å². The molecule has 4 rings (SSSR count). The van der Waals surface area contributed by atoms with Crippen LogP contribution in [0.25, 0.3) is 0 Å². The van der Waals surface area contributed by atoms with E-state index in [-0.39, 0.29) is 5.91 Å². The lowest BCUT2D eigenvalue weighted by Crippen LogP contribution is -2.24. The molecule has 1 aliphatic rings. The molecule has 1 N–H and O–H groups in total. The second kappa shape index (κ2) is 8.65. The van der Waals surface area contributed by atoms with Crippen LogP contribution in [-0.2, 0) is 24.2 Å². The molecule has 1 atom stereocenters. The number of anilines is 1. The zero-order chi connectivity index (χ0) is 21.3. The topological polar surface area (TPSA) is 38.3 Å². The predicted molar refractivity (Wildman–Crippen MR) is 125 cm³/mol. The molecule has 1 unspecified atom stereocenters. The molecule has 3 nitrogen and oxygen atoms in total. The van der Waals surface area contributed by atoms with Gasteiger partial charge in [0.1, 0.15) is 12.4 Å². The standard InChI is InChI=1S/C26H26BrNO2/c1-4-17-9-7-10-18(5-2)25(17)28-26(29)24-21-14-20(27)12-13-22(21)30-15-19-11-6-8-16(3)23(19)24/h6-14,24H,4-5,15H2,1-3H3,(H,28,29). The molecule has 0 aromatic heterocycles. The summed E-state index contributed by atoms with van der Waals surface area (Å²) in [5.41, 5.74) is 7.36. The molecule has 1 amide bonds. The van der Waals surface area contributed by atoms with Gasteiger partial charge in [-0.2, -0.15) is 0 Å². The second-order valence-corrected chi connectivity index (χ2v) is 8.61. The van der Waals surface area contributed by atoms with Crippen molar-refractivity contribution in [3.05, 3.63) is 92.5 Å². The lowest BCUT2D eigenvalue weighted by Gasteiger charge is -2.23. The van der Waals surface area contributed by atoms with E-state index in [0.29, 0.717) is 6.61 Å². The number of fused-ring (bicyclic) bond motifs is 2. The van der Waals surface area contributed by atoms with Crippen molar-refractivity contribution < 1.29 is 9.53 Å². The Morgan fingerprint density at radius 3 is 2.47 bits per heavy atom. The van der Waals surface area contributed by atoms with Crippen LogP contribution in [0.15, 0.2) is 59.1 Å². The Morgan fingerprint density at radius 1 is 1.07 bits per heavy atom. The molecule has 0 saturated carbocycles. The highest BCUT2D eigenvalue weighted by atomic mass is 79.9. The highest BCUT2D eigenvalue weighted by molar-refractivity contribution is 9.10. The van der Waals surface area contributed by atoms with E-state index in [1.54, 1.807) is 0 Å². The van der Waals surface area contributed by atoms with E-state index in [4.69, 9.17) is 4.74 Å². The predicted octanol–water partition coefficient (Wildman–Crippen LogP) is 6.55. The highest BCUT2D eigenvalue weighted by Crippen LogP contribution is 2.41. The van der Waals surface area contributed by atoms with E-state index in [1.807, 2.05) is 24.3 Å². The Morgan fingerprint density at radius 2 is 1.77 bits per heavy atom. The van der Waals surface area contributed by atoms with Gasteiger partial charge in [0.25, 0.3) is 0 Å². The van der Waals surface area contributed by atoms with Gasteiger partial charge in [-0.05, 0) is 65.8 Å². The van der Waals surface area contributed by atoms with Gasteiger partial charge in [0, 0.05) is 15.7 Å². The first kappa shape index (κ1) is 20.7. The van der Waals surface area contributed by atoms with E-state index < -0.39 is 5.92 Å². The largest absolute Gasteiger partial charge is 0.489 e. The number of aryl methyl sites for hydroxylation is 3. The van der Waals surface area contributed by atoms with E-state index >= 15 is 0 Å². The Kier molecular flexibility index (Phi) is 5.96. The van der Waals surface area contributed by atoms with Gasteiger partial charge >= 0.3 is 0 Å². The molecule has 0 aliphatic carbocycles. The van der Waals surface area contributed by atoms with Crippen LogP contribution in [0, 0.1) is 6.92 Å². The molecule has 30 heavy (non-hydrogen) atoms. The van der Waals surface area contributed by atoms with Gasteiger partial charge in [0.2, 0.25) is 5.91 Å². The second-order valence-electron chi connectivity index (χ2n) is 7.70. The molecular formula is C26H26BrNO2. The third kappa shape index (κ3) is 3.77. The molecule has 1 heterocycles. The van der Waals surface area contributed by atoms with Crippen molar-refractivity contribution in [2.75, 3.05) is 5.32 Å². The minimum atomic E-state index is -0.439. The summed E-state index contributed by atoms with van der Waals surface area (Å²) >= 11 is 3.58. The fourth-order valence-corrected chi connectivity index (χ4v) is 4.72. The molecule has 0 bridgehead atoms. The van der Waals surface area contributed by atoms with E-state index in [1.165, 1.54) is 0 Å². The van der Waals surface area contributed by atoms with Crippen LogP contribution < -0.4 is 10.1 Å². The maximum absolute atomic E-state index is 13.9. The Labute approximate surface area is 186 Å². The summed E-state index contributed by atoms with van der Waals surface area (Å²) in [7, 11) is 0. The molecule has 4 heteroatoms. The fraction of sp³-hybridized carbons (Fsp3) is 0.269. The van der Waals surface area contributed by atoms with E-state index in [0.717, 1.165) is 62.1 Å². The van der Waals surface area contributed by atoms with Crippen LogP contribution >= 0.6 is 15.9 Å². The first-order chi connectivity index (χ1) is 14.5. The van der Waals surface area contributed by atoms with Gasteiger partial charge in [0.05, 0.1) is 5.92 Å². The smallest absolute Gasteiger partial charge is 0.236 e. The first-order valence-electron chi connectivity index (χ1n) is 10.5. The van der Waals surface area contributed by atoms with Gasteiger partial charge in [-0.1, -0.05) is 66.2 Å². The van der Waals surface area contributed by atoms with Gasteiger partial charge in [-0.15, -0.1) is 0 Å². The third-order valence-electron chi connectivity index (χ3n) is 5.88. The van der Waals surface area contributed by atoms with Crippen LogP contribution in [0.5, 0.6) is 5.75 Å². The number of halogens is 1. The number of amides is 1. The van der Waals surface area contributed by atoms with E-state index in [9.17, 15) is 4.79 Å². The summed E-state index contributed by atoms with van der Waals surface area (Å²) in [6.07, 6.45) is 1.74. The number of carbonyl (C=O) groups excluding carboxylic acids is 1. The number of ether oxygens (including phenoxy) is 1. The average molecular weight is 464 g/mol. The third-order valence-corrected chi connectivity index (χ3v) is 6.37. The molecule has 0 spiro atoms. The summed E-state index contributed by atoms with van der Waals surface area (Å²) in [6, 6.07) is 18.3. The van der Waals surface area contributed by atoms with Crippen molar-refractivity contribution in [1.82, 2.24) is 0 Å². The average Bonchev–Trinajstić information content (AvgIpc) is 2.91. The Bertz CT molecular complexity index is 1080. The van der Waals surface area contributed by atoms with Gasteiger partial charge in [0.15, 0.2) is 0 Å². The van der Waals surface area contributed by atoms with Crippen LogP contribution in [0.4, 0.5) is 5.69 Å². The molecule has 3 aromatic rings. The van der Waals surface area contributed by atoms with Gasteiger partial charge in [-0.3, -0.25) is 4.79 Å². The lowest BCUT2D eigenvalue weighted by molar-refractivity contribution is -0.116. The van der Waals surface area contributed by atoms with Crippen LogP contribution in [0.3, 0.4) is 0 Å². The number of carbonyl (C=O) groups is 1. The number of hydrogen-bond donors (Lipinski definition) is 1. The molecule has 0 fully saturated rings. The fourth-order valence-electron chi connectivity index (χ4n) is 4.34. The molecule has 1 aliphatic heterocycles. The Hall–Kier alpha value is -2.59. The summed E-state index contributed by atoms with van der Waals surface area (Å²) in [6.45, 7) is 6.77. The lowest BCUT2D eigenvalue weighted by atomic mass is 9.84. The zero-order valence-corrected chi connectivity index (χ0v) is 19.2. The number of hydrogen-bond acceptors (Lipinski definition) is 2. The van der Waals surface area contributed by atoms with Gasteiger partial charge in [-0.25, -0.2) is 0 Å². The van der Waals surface area contributed by atoms with Crippen LogP contribution in [-0.4, -0.2) is 5.91 Å². The summed E-state index contributed by atoms with van der Waals surface area (Å²) in [4.78, 5) is 13.9.